The standard InChI is InChI=1S/C80H145NO13/c1-3-5-7-9-11-13-15-17-19-21-23-25-26-27-28-29-30-31-32-33-34-35-36-37-38-39-40-41-42-44-46-48-50-52-54-56-58-60-62-64-72(85)81-68(69(84)63-61-59-57-55-53-51-49-47-45-43-24-22-20-18-16-14-12-10-8-6-4-2)67-91-79-77(90)75(88)78(71(66-83)93-79)94-80-76(89)74(87)73(86)70(65-82)92-80/h15,17,21,23,26-27,45,47,53,55,61,63,68-71,73-80,82-84,86-90H,3-14,16,18-20,22,24-25,28-44,46,48-52,54,56-60,62,64-67H2,1-2H3,(H,81,85)/b17-15-,23-21-,27-26-,47-45+,55-53+,63-61+. The molecule has 0 saturated carbocycles. The summed E-state index contributed by atoms with van der Waals surface area (Å²) in [6.45, 7) is 2.80. The monoisotopic (exact) mass is 1330 g/mol. The number of allylic oxidation sites excluding steroid dienone is 11. The lowest BCUT2D eigenvalue weighted by atomic mass is 9.97. The Hall–Kier alpha value is -2.57. The summed E-state index contributed by atoms with van der Waals surface area (Å²) in [6, 6.07) is -0.940. The Morgan fingerprint density at radius 3 is 1.12 bits per heavy atom. The first-order chi connectivity index (χ1) is 46.1. The number of amides is 1. The Balaban J connectivity index is 1.59. The average Bonchev–Trinajstić information content (AvgIpc) is 0.794. The summed E-state index contributed by atoms with van der Waals surface area (Å²) in [6.07, 6.45) is 71.3. The van der Waals surface area contributed by atoms with Gasteiger partial charge in [0.25, 0.3) is 0 Å². The molecule has 12 atom stereocenters. The molecule has 2 aliphatic heterocycles. The molecule has 0 aromatic carbocycles. The number of ether oxygens (including phenoxy) is 4. The minimum absolute atomic E-state index is 0.249. The van der Waals surface area contributed by atoms with Gasteiger partial charge in [-0.15, -0.1) is 0 Å². The highest BCUT2D eigenvalue weighted by molar-refractivity contribution is 5.76. The van der Waals surface area contributed by atoms with Gasteiger partial charge in [-0.1, -0.05) is 318 Å². The van der Waals surface area contributed by atoms with Gasteiger partial charge in [0, 0.05) is 6.42 Å². The molecule has 0 spiro atoms. The van der Waals surface area contributed by atoms with Crippen LogP contribution in [0.25, 0.3) is 0 Å². The van der Waals surface area contributed by atoms with Crippen molar-refractivity contribution in [2.75, 3.05) is 19.8 Å². The molecular weight excluding hydrogens is 1180 g/mol. The number of rotatable bonds is 65. The molecule has 0 aromatic heterocycles. The van der Waals surface area contributed by atoms with Gasteiger partial charge >= 0.3 is 0 Å². The van der Waals surface area contributed by atoms with Crippen LogP contribution in [0.15, 0.2) is 72.9 Å². The molecule has 2 rings (SSSR count). The lowest BCUT2D eigenvalue weighted by molar-refractivity contribution is -0.359. The summed E-state index contributed by atoms with van der Waals surface area (Å²) in [5.74, 6) is -0.249. The predicted octanol–water partition coefficient (Wildman–Crippen LogP) is 17.4. The topological polar surface area (TPSA) is 228 Å². The summed E-state index contributed by atoms with van der Waals surface area (Å²) < 4.78 is 22.9. The van der Waals surface area contributed by atoms with E-state index in [0.29, 0.717) is 12.8 Å². The van der Waals surface area contributed by atoms with Crippen LogP contribution in [-0.4, -0.2) is 140 Å². The SMILES string of the molecule is CCCCCCC/C=C\C/C=C\C/C=C\CCCCCCCCCCCCCCCCCCCCCCCCCCC(=O)NC(COC1OC(CO)C(OC2OC(CO)C(O)C(O)C2O)C(O)C1O)C(O)/C=C/CC/C=C/CC/C=C/CCCCCCCCCCCCC. The summed E-state index contributed by atoms with van der Waals surface area (Å²) in [5, 5.41) is 87.5. The van der Waals surface area contributed by atoms with Gasteiger partial charge in [-0.2, -0.15) is 0 Å². The van der Waals surface area contributed by atoms with E-state index in [9.17, 15) is 45.6 Å². The molecule has 0 aromatic rings. The third kappa shape index (κ3) is 46.7. The van der Waals surface area contributed by atoms with Crippen molar-refractivity contribution in [2.45, 2.75) is 408 Å². The molecular formula is C80H145NO13. The van der Waals surface area contributed by atoms with Crippen molar-refractivity contribution in [3.63, 3.8) is 0 Å². The highest BCUT2D eigenvalue weighted by atomic mass is 16.7. The molecule has 0 bridgehead atoms. The number of aliphatic hydroxyl groups excluding tert-OH is 8. The normalized spacial score (nSPS) is 22.8. The smallest absolute Gasteiger partial charge is 0.220 e. The van der Waals surface area contributed by atoms with Crippen LogP contribution in [-0.2, 0) is 23.7 Å². The van der Waals surface area contributed by atoms with Crippen LogP contribution in [0.4, 0.5) is 0 Å². The number of nitrogens with one attached hydrogen (secondary N) is 1. The van der Waals surface area contributed by atoms with Crippen molar-refractivity contribution in [1.29, 1.82) is 0 Å². The number of carbonyl (C=O) groups is 1. The molecule has 94 heavy (non-hydrogen) atoms. The Morgan fingerprint density at radius 2 is 0.713 bits per heavy atom. The lowest BCUT2D eigenvalue weighted by Crippen LogP contribution is -2.65. The van der Waals surface area contributed by atoms with Gasteiger partial charge in [-0.25, -0.2) is 0 Å². The second kappa shape index (κ2) is 63.8. The lowest BCUT2D eigenvalue weighted by Gasteiger charge is -2.46. The van der Waals surface area contributed by atoms with E-state index in [-0.39, 0.29) is 18.9 Å². The molecule has 14 heteroatoms. The summed E-state index contributed by atoms with van der Waals surface area (Å²) in [7, 11) is 0. The van der Waals surface area contributed by atoms with Crippen LogP contribution >= 0.6 is 0 Å². The summed E-state index contributed by atoms with van der Waals surface area (Å²) in [4.78, 5) is 13.4. The fraction of sp³-hybridized carbons (Fsp3) is 0.838. The van der Waals surface area contributed by atoms with E-state index in [0.717, 1.165) is 57.8 Å². The first-order valence-electron chi connectivity index (χ1n) is 39.2. The van der Waals surface area contributed by atoms with Crippen LogP contribution < -0.4 is 5.32 Å². The maximum absolute atomic E-state index is 13.4. The fourth-order valence-electron chi connectivity index (χ4n) is 12.6. The van der Waals surface area contributed by atoms with E-state index in [1.165, 1.54) is 244 Å². The highest BCUT2D eigenvalue weighted by Gasteiger charge is 2.51. The number of unbranched alkanes of at least 4 members (excludes halogenated alkanes) is 42. The second-order valence-corrected chi connectivity index (χ2v) is 27.5. The van der Waals surface area contributed by atoms with E-state index in [1.807, 2.05) is 6.08 Å². The van der Waals surface area contributed by atoms with Crippen LogP contribution in [0.5, 0.6) is 0 Å². The van der Waals surface area contributed by atoms with Gasteiger partial charge in [-0.05, 0) is 83.5 Å². The molecule has 548 valence electrons. The van der Waals surface area contributed by atoms with Crippen molar-refractivity contribution < 1.29 is 64.6 Å². The Kier molecular flexibility index (Phi) is 59.4. The van der Waals surface area contributed by atoms with Crippen molar-refractivity contribution in [3.8, 4) is 0 Å². The van der Waals surface area contributed by atoms with E-state index in [4.69, 9.17) is 18.9 Å². The second-order valence-electron chi connectivity index (χ2n) is 27.5. The van der Waals surface area contributed by atoms with Gasteiger partial charge in [0.15, 0.2) is 12.6 Å². The molecule has 2 heterocycles. The van der Waals surface area contributed by atoms with E-state index in [2.05, 4.69) is 79.9 Å². The average molecular weight is 1330 g/mol. The molecule has 0 radical (unpaired) electrons. The van der Waals surface area contributed by atoms with E-state index >= 15 is 0 Å². The quantitative estimate of drug-likeness (QED) is 0.0204. The van der Waals surface area contributed by atoms with Crippen molar-refractivity contribution >= 4 is 5.91 Å². The van der Waals surface area contributed by atoms with Gasteiger partial charge in [0.2, 0.25) is 5.91 Å². The summed E-state index contributed by atoms with van der Waals surface area (Å²) >= 11 is 0. The van der Waals surface area contributed by atoms with Crippen molar-refractivity contribution in [3.05, 3.63) is 72.9 Å². The van der Waals surface area contributed by atoms with Gasteiger partial charge in [0.1, 0.15) is 48.8 Å². The van der Waals surface area contributed by atoms with Crippen molar-refractivity contribution in [2.24, 2.45) is 0 Å². The third-order valence-electron chi connectivity index (χ3n) is 18.8. The molecule has 0 aliphatic carbocycles. The zero-order chi connectivity index (χ0) is 68.0. The van der Waals surface area contributed by atoms with Crippen LogP contribution in [0.1, 0.15) is 335 Å². The number of hydrogen-bond acceptors (Lipinski definition) is 13. The third-order valence-corrected chi connectivity index (χ3v) is 18.8. The number of carbonyl (C=O) groups excluding carboxylic acids is 1. The highest BCUT2D eigenvalue weighted by Crippen LogP contribution is 2.30. The number of aliphatic hydroxyl groups is 8. The number of hydrogen-bond donors (Lipinski definition) is 9. The Morgan fingerprint density at radius 1 is 0.383 bits per heavy atom. The minimum Gasteiger partial charge on any atom is -0.394 e. The van der Waals surface area contributed by atoms with E-state index < -0.39 is 86.8 Å². The zero-order valence-electron chi connectivity index (χ0n) is 60.0. The van der Waals surface area contributed by atoms with Gasteiger partial charge < -0.3 is 65.1 Å². The first kappa shape index (κ1) is 87.5. The first-order valence-corrected chi connectivity index (χ1v) is 39.2. The van der Waals surface area contributed by atoms with E-state index in [1.54, 1.807) is 6.08 Å². The molecule has 14 nitrogen and oxygen atoms in total. The summed E-state index contributed by atoms with van der Waals surface area (Å²) in [5.41, 5.74) is 0. The Labute approximate surface area is 574 Å². The van der Waals surface area contributed by atoms with Crippen LogP contribution in [0.3, 0.4) is 0 Å². The predicted molar refractivity (Wildman–Crippen MR) is 387 cm³/mol. The van der Waals surface area contributed by atoms with Gasteiger partial charge in [0.05, 0.1) is 32.0 Å². The molecule has 9 N–H and O–H groups in total. The van der Waals surface area contributed by atoms with Crippen LogP contribution in [0, 0.1) is 0 Å². The molecule has 12 unspecified atom stereocenters. The molecule has 2 aliphatic rings. The molecule has 1 amide bonds. The van der Waals surface area contributed by atoms with Crippen molar-refractivity contribution in [1.82, 2.24) is 5.32 Å². The Bertz CT molecular complexity index is 1860. The van der Waals surface area contributed by atoms with Gasteiger partial charge in [-0.3, -0.25) is 4.79 Å². The fourth-order valence-corrected chi connectivity index (χ4v) is 12.6. The molecule has 2 fully saturated rings. The largest absolute Gasteiger partial charge is 0.394 e. The maximum atomic E-state index is 13.4. The maximum Gasteiger partial charge on any atom is 0.220 e. The molecule has 2 saturated heterocycles. The van der Waals surface area contributed by atoms with Crippen LogP contribution in [0.2, 0.25) is 0 Å². The minimum atomic E-state index is -1.79. The zero-order valence-corrected chi connectivity index (χ0v) is 60.0.